The first-order valence-corrected chi connectivity index (χ1v) is 10.5. The van der Waals surface area contributed by atoms with Gasteiger partial charge in [-0.2, -0.15) is 9.78 Å². The Kier molecular flexibility index (Phi) is 5.31. The number of hydrogen-bond acceptors (Lipinski definition) is 6. The SMILES string of the molecule is Cc1csc(N2CCN(c3cnn(-c4ccc(C)c(Cl)c4)c(=O)c3Cl)CC2)n1. The highest BCUT2D eigenvalue weighted by atomic mass is 35.5. The molecule has 0 saturated carbocycles. The highest BCUT2D eigenvalue weighted by Gasteiger charge is 2.23. The second-order valence-electron chi connectivity index (χ2n) is 6.74. The summed E-state index contributed by atoms with van der Waals surface area (Å²) in [5, 5.41) is 8.18. The predicted molar refractivity (Wildman–Crippen MR) is 116 cm³/mol. The highest BCUT2D eigenvalue weighted by molar-refractivity contribution is 7.13. The van der Waals surface area contributed by atoms with Gasteiger partial charge >= 0.3 is 0 Å². The van der Waals surface area contributed by atoms with Crippen molar-refractivity contribution in [1.29, 1.82) is 0 Å². The van der Waals surface area contributed by atoms with E-state index in [9.17, 15) is 4.79 Å². The fourth-order valence-corrected chi connectivity index (χ4v) is 4.45. The number of aromatic nitrogens is 3. The fraction of sp³-hybridized carbons (Fsp3) is 0.316. The van der Waals surface area contributed by atoms with Crippen LogP contribution in [0.3, 0.4) is 0 Å². The van der Waals surface area contributed by atoms with Crippen LogP contribution in [0.2, 0.25) is 10.0 Å². The number of piperazine rings is 1. The van der Waals surface area contributed by atoms with Gasteiger partial charge in [-0.3, -0.25) is 4.79 Å². The lowest BCUT2D eigenvalue weighted by Crippen LogP contribution is -2.47. The summed E-state index contributed by atoms with van der Waals surface area (Å²) in [5.41, 5.74) is 2.88. The summed E-state index contributed by atoms with van der Waals surface area (Å²) in [6, 6.07) is 5.38. The average Bonchev–Trinajstić information content (AvgIpc) is 3.13. The number of hydrogen-bond donors (Lipinski definition) is 0. The van der Waals surface area contributed by atoms with Crippen LogP contribution in [0.5, 0.6) is 0 Å². The molecular weight excluding hydrogens is 417 g/mol. The maximum Gasteiger partial charge on any atom is 0.292 e. The Morgan fingerprint density at radius 3 is 2.43 bits per heavy atom. The lowest BCUT2D eigenvalue weighted by atomic mass is 10.2. The van der Waals surface area contributed by atoms with Crippen molar-refractivity contribution >= 4 is 45.4 Å². The van der Waals surface area contributed by atoms with E-state index < -0.39 is 0 Å². The standard InChI is InChI=1S/C19H19Cl2N5OS/c1-12-3-4-14(9-15(12)20)26-18(27)17(21)16(10-22-26)24-5-7-25(8-6-24)19-23-13(2)11-28-19/h3-4,9-11H,5-8H2,1-2H3. The average molecular weight is 436 g/mol. The summed E-state index contributed by atoms with van der Waals surface area (Å²) in [7, 11) is 0. The topological polar surface area (TPSA) is 54.3 Å². The number of anilines is 2. The van der Waals surface area contributed by atoms with Crippen molar-refractivity contribution in [2.75, 3.05) is 36.0 Å². The van der Waals surface area contributed by atoms with E-state index in [1.165, 1.54) is 4.68 Å². The van der Waals surface area contributed by atoms with E-state index in [2.05, 4.69) is 25.3 Å². The minimum atomic E-state index is -0.350. The van der Waals surface area contributed by atoms with Crippen LogP contribution < -0.4 is 15.4 Å². The van der Waals surface area contributed by atoms with E-state index >= 15 is 0 Å². The molecule has 1 aromatic carbocycles. The third-order valence-electron chi connectivity index (χ3n) is 4.80. The molecule has 28 heavy (non-hydrogen) atoms. The third-order valence-corrected chi connectivity index (χ3v) is 6.58. The van der Waals surface area contributed by atoms with Gasteiger partial charge in [0.05, 0.1) is 23.3 Å². The van der Waals surface area contributed by atoms with E-state index in [-0.39, 0.29) is 10.6 Å². The molecule has 0 radical (unpaired) electrons. The maximum absolute atomic E-state index is 12.8. The molecule has 146 valence electrons. The van der Waals surface area contributed by atoms with Crippen LogP contribution in [0.4, 0.5) is 10.8 Å². The van der Waals surface area contributed by atoms with Gasteiger partial charge in [0.1, 0.15) is 5.02 Å². The Morgan fingerprint density at radius 1 is 1.07 bits per heavy atom. The smallest absolute Gasteiger partial charge is 0.292 e. The molecule has 1 fully saturated rings. The fourth-order valence-electron chi connectivity index (χ4n) is 3.17. The highest BCUT2D eigenvalue weighted by Crippen LogP contribution is 2.26. The number of aryl methyl sites for hydroxylation is 2. The Morgan fingerprint density at radius 2 is 1.79 bits per heavy atom. The molecule has 0 N–H and O–H groups in total. The van der Waals surface area contributed by atoms with Crippen LogP contribution in [-0.4, -0.2) is 40.9 Å². The first-order valence-electron chi connectivity index (χ1n) is 8.90. The molecule has 1 aliphatic rings. The van der Waals surface area contributed by atoms with Crippen LogP contribution in [-0.2, 0) is 0 Å². The molecule has 0 unspecified atom stereocenters. The summed E-state index contributed by atoms with van der Waals surface area (Å²) in [6.45, 7) is 7.04. The minimum absolute atomic E-state index is 0.172. The van der Waals surface area contributed by atoms with Gasteiger partial charge in [-0.1, -0.05) is 29.3 Å². The Bertz CT molecular complexity index is 1070. The third kappa shape index (κ3) is 3.62. The summed E-state index contributed by atoms with van der Waals surface area (Å²) in [5.74, 6) is 0. The second-order valence-corrected chi connectivity index (χ2v) is 8.36. The van der Waals surface area contributed by atoms with Gasteiger partial charge in [-0.05, 0) is 31.5 Å². The van der Waals surface area contributed by atoms with Crippen molar-refractivity contribution in [1.82, 2.24) is 14.8 Å². The van der Waals surface area contributed by atoms with Crippen LogP contribution in [0.15, 0.2) is 34.6 Å². The van der Waals surface area contributed by atoms with E-state index in [1.54, 1.807) is 29.7 Å². The lowest BCUT2D eigenvalue weighted by Gasteiger charge is -2.36. The number of halogens is 2. The Balaban J connectivity index is 1.56. The first-order chi connectivity index (χ1) is 13.4. The second kappa shape index (κ2) is 7.73. The van der Waals surface area contributed by atoms with Crippen molar-refractivity contribution in [3.8, 4) is 5.69 Å². The molecule has 0 aliphatic carbocycles. The molecule has 0 bridgehead atoms. The van der Waals surface area contributed by atoms with E-state index in [0.29, 0.717) is 16.4 Å². The summed E-state index contributed by atoms with van der Waals surface area (Å²) in [4.78, 5) is 21.7. The summed E-state index contributed by atoms with van der Waals surface area (Å²) < 4.78 is 1.28. The Hall–Kier alpha value is -2.09. The number of rotatable bonds is 3. The molecule has 3 heterocycles. The predicted octanol–water partition coefficient (Wildman–Crippen LogP) is 3.94. The van der Waals surface area contributed by atoms with Crippen LogP contribution in [0.25, 0.3) is 5.69 Å². The van der Waals surface area contributed by atoms with Gasteiger partial charge in [-0.25, -0.2) is 4.98 Å². The first kappa shape index (κ1) is 19.2. The van der Waals surface area contributed by atoms with Gasteiger partial charge in [0.2, 0.25) is 0 Å². The molecule has 6 nitrogen and oxygen atoms in total. The van der Waals surface area contributed by atoms with Crippen molar-refractivity contribution in [3.05, 3.63) is 61.4 Å². The van der Waals surface area contributed by atoms with Crippen molar-refractivity contribution < 1.29 is 0 Å². The largest absolute Gasteiger partial charge is 0.365 e. The molecule has 1 aliphatic heterocycles. The van der Waals surface area contributed by atoms with Gasteiger partial charge in [0.25, 0.3) is 5.56 Å². The zero-order valence-electron chi connectivity index (χ0n) is 15.5. The van der Waals surface area contributed by atoms with Crippen LogP contribution in [0, 0.1) is 13.8 Å². The van der Waals surface area contributed by atoms with Crippen molar-refractivity contribution in [2.45, 2.75) is 13.8 Å². The molecule has 0 spiro atoms. The van der Waals surface area contributed by atoms with Crippen LogP contribution in [0.1, 0.15) is 11.3 Å². The maximum atomic E-state index is 12.8. The molecule has 2 aromatic heterocycles. The monoisotopic (exact) mass is 435 g/mol. The normalized spacial score (nSPS) is 14.6. The Labute approximate surface area is 176 Å². The van der Waals surface area contributed by atoms with E-state index in [1.807, 2.05) is 19.9 Å². The molecule has 4 rings (SSSR count). The molecular formula is C19H19Cl2N5OS. The summed E-state index contributed by atoms with van der Waals surface area (Å²) in [6.07, 6.45) is 1.65. The lowest BCUT2D eigenvalue weighted by molar-refractivity contribution is 0.647. The zero-order valence-corrected chi connectivity index (χ0v) is 17.9. The molecule has 3 aromatic rings. The van der Waals surface area contributed by atoms with Crippen molar-refractivity contribution in [2.24, 2.45) is 0 Å². The number of thiazole rings is 1. The number of nitrogens with zero attached hydrogens (tertiary/aromatic N) is 5. The number of benzene rings is 1. The zero-order chi connectivity index (χ0) is 19.8. The molecule has 1 saturated heterocycles. The van der Waals surface area contributed by atoms with E-state index in [4.69, 9.17) is 23.2 Å². The molecule has 0 amide bonds. The van der Waals surface area contributed by atoms with Gasteiger partial charge in [0.15, 0.2) is 5.13 Å². The van der Waals surface area contributed by atoms with Gasteiger partial charge in [-0.15, -0.1) is 11.3 Å². The summed E-state index contributed by atoms with van der Waals surface area (Å²) >= 11 is 14.3. The van der Waals surface area contributed by atoms with Gasteiger partial charge in [0, 0.05) is 36.6 Å². The molecule has 9 heteroatoms. The van der Waals surface area contributed by atoms with Crippen LogP contribution >= 0.6 is 34.5 Å². The minimum Gasteiger partial charge on any atom is -0.365 e. The van der Waals surface area contributed by atoms with E-state index in [0.717, 1.165) is 42.6 Å². The quantitative estimate of drug-likeness (QED) is 0.623. The molecule has 0 atom stereocenters. The van der Waals surface area contributed by atoms with Crippen molar-refractivity contribution in [3.63, 3.8) is 0 Å². The van der Waals surface area contributed by atoms with Gasteiger partial charge < -0.3 is 9.80 Å².